The maximum absolute atomic E-state index is 13.5. The Morgan fingerprint density at radius 3 is 2.62 bits per heavy atom. The van der Waals surface area contributed by atoms with Crippen molar-refractivity contribution in [2.45, 2.75) is 19.8 Å². The van der Waals surface area contributed by atoms with E-state index in [1.807, 2.05) is 25.1 Å². The number of carbonyl (C=O) groups is 1. The Balaban J connectivity index is 1.41. The van der Waals surface area contributed by atoms with Gasteiger partial charge >= 0.3 is 0 Å². The second-order valence-corrected chi connectivity index (χ2v) is 7.68. The van der Waals surface area contributed by atoms with Gasteiger partial charge in [-0.05, 0) is 49.6 Å². The summed E-state index contributed by atoms with van der Waals surface area (Å²) in [4.78, 5) is 23.6. The summed E-state index contributed by atoms with van der Waals surface area (Å²) in [5, 5.41) is 2.87. The molecule has 1 saturated heterocycles. The Morgan fingerprint density at radius 1 is 1.09 bits per heavy atom. The highest BCUT2D eigenvalue weighted by Gasteiger charge is 2.28. The predicted molar refractivity (Wildman–Crippen MR) is 120 cm³/mol. The zero-order chi connectivity index (χ0) is 22.5. The van der Waals surface area contributed by atoms with E-state index in [0.717, 1.165) is 5.56 Å². The highest BCUT2D eigenvalue weighted by Crippen LogP contribution is 2.32. The first-order valence-electron chi connectivity index (χ1n) is 10.5. The number of anilines is 2. The number of halogens is 1. The molecule has 2 aromatic carbocycles. The summed E-state index contributed by atoms with van der Waals surface area (Å²) in [5.74, 6) is 1.71. The zero-order valence-corrected chi connectivity index (χ0v) is 18.0. The first-order valence-corrected chi connectivity index (χ1v) is 10.5. The van der Waals surface area contributed by atoms with Gasteiger partial charge in [0.05, 0.1) is 7.11 Å². The van der Waals surface area contributed by atoms with E-state index in [4.69, 9.17) is 9.47 Å². The minimum Gasteiger partial charge on any atom is -0.497 e. The average Bonchev–Trinajstić information content (AvgIpc) is 2.82. The van der Waals surface area contributed by atoms with E-state index in [9.17, 15) is 9.18 Å². The number of aryl methyl sites for hydroxylation is 1. The van der Waals surface area contributed by atoms with Crippen molar-refractivity contribution in [1.29, 1.82) is 0 Å². The number of rotatable bonds is 6. The summed E-state index contributed by atoms with van der Waals surface area (Å²) in [5.41, 5.74) is 1.34. The van der Waals surface area contributed by atoms with Crippen molar-refractivity contribution in [3.8, 4) is 17.4 Å². The molecule has 0 bridgehead atoms. The molecule has 0 atom stereocenters. The third-order valence-electron chi connectivity index (χ3n) is 5.53. The van der Waals surface area contributed by atoms with Crippen LogP contribution in [-0.4, -0.2) is 36.1 Å². The number of piperidine rings is 1. The number of amides is 1. The lowest BCUT2D eigenvalue weighted by atomic mass is 9.95. The van der Waals surface area contributed by atoms with Crippen LogP contribution >= 0.6 is 0 Å². The maximum atomic E-state index is 13.5. The standard InChI is InChI=1S/C24H25FN4O3/c1-16-6-7-18(25)14-21(16)28-23(30)17-8-12-29(13-9-17)22-24(27-11-10-26-22)32-20-5-3-4-19(15-20)31-2/h3-7,10-11,14-15,17H,8-9,12-13H2,1-2H3,(H,28,30). The molecule has 1 fully saturated rings. The van der Waals surface area contributed by atoms with Crippen molar-refractivity contribution in [3.63, 3.8) is 0 Å². The predicted octanol–water partition coefficient (Wildman–Crippen LogP) is 4.58. The second kappa shape index (κ2) is 9.64. The molecule has 2 heterocycles. The highest BCUT2D eigenvalue weighted by molar-refractivity contribution is 5.93. The van der Waals surface area contributed by atoms with Crippen molar-refractivity contribution in [1.82, 2.24) is 9.97 Å². The number of benzene rings is 2. The minimum absolute atomic E-state index is 0.0923. The number of methoxy groups -OCH3 is 1. The van der Waals surface area contributed by atoms with Crippen LogP contribution in [0.25, 0.3) is 0 Å². The summed E-state index contributed by atoms with van der Waals surface area (Å²) in [6, 6.07) is 11.7. The van der Waals surface area contributed by atoms with Crippen LogP contribution in [0, 0.1) is 18.7 Å². The Labute approximate surface area is 186 Å². The fraction of sp³-hybridized carbons (Fsp3) is 0.292. The summed E-state index contributed by atoms with van der Waals surface area (Å²) in [6.07, 6.45) is 4.50. The molecule has 3 aromatic rings. The molecule has 4 rings (SSSR count). The molecule has 32 heavy (non-hydrogen) atoms. The molecule has 8 heteroatoms. The molecule has 1 aromatic heterocycles. The van der Waals surface area contributed by atoms with E-state index < -0.39 is 0 Å². The molecule has 1 aliphatic heterocycles. The average molecular weight is 436 g/mol. The molecule has 166 valence electrons. The number of aromatic nitrogens is 2. The smallest absolute Gasteiger partial charge is 0.263 e. The molecule has 1 N–H and O–H groups in total. The van der Waals surface area contributed by atoms with E-state index in [0.29, 0.717) is 54.8 Å². The van der Waals surface area contributed by atoms with Crippen molar-refractivity contribution in [2.75, 3.05) is 30.4 Å². The topological polar surface area (TPSA) is 76.6 Å². The van der Waals surface area contributed by atoms with Gasteiger partial charge in [0.25, 0.3) is 5.88 Å². The zero-order valence-electron chi connectivity index (χ0n) is 18.0. The van der Waals surface area contributed by atoms with E-state index in [1.54, 1.807) is 31.6 Å². The van der Waals surface area contributed by atoms with Gasteiger partial charge in [0.1, 0.15) is 17.3 Å². The number of nitrogens with one attached hydrogen (secondary N) is 1. The summed E-state index contributed by atoms with van der Waals surface area (Å²) >= 11 is 0. The van der Waals surface area contributed by atoms with Gasteiger partial charge in [-0.2, -0.15) is 0 Å². The normalized spacial score (nSPS) is 14.2. The lowest BCUT2D eigenvalue weighted by Gasteiger charge is -2.32. The van der Waals surface area contributed by atoms with Crippen LogP contribution < -0.4 is 19.7 Å². The van der Waals surface area contributed by atoms with Crippen molar-refractivity contribution >= 4 is 17.4 Å². The Hall–Kier alpha value is -3.68. The van der Waals surface area contributed by atoms with Gasteiger partial charge in [-0.15, -0.1) is 0 Å². The molecule has 1 aliphatic rings. The molecule has 0 radical (unpaired) electrons. The summed E-state index contributed by atoms with van der Waals surface area (Å²) in [7, 11) is 1.60. The molecular weight excluding hydrogens is 411 g/mol. The molecule has 0 saturated carbocycles. The van der Waals surface area contributed by atoms with Gasteiger partial charge in [-0.1, -0.05) is 12.1 Å². The van der Waals surface area contributed by atoms with Gasteiger partial charge in [-0.25, -0.2) is 14.4 Å². The Kier molecular flexibility index (Phi) is 6.49. The number of carbonyl (C=O) groups excluding carboxylic acids is 1. The van der Waals surface area contributed by atoms with Gasteiger partial charge in [0.2, 0.25) is 5.91 Å². The van der Waals surface area contributed by atoms with Gasteiger partial charge in [0, 0.05) is 43.2 Å². The van der Waals surface area contributed by atoms with Gasteiger partial charge < -0.3 is 19.7 Å². The van der Waals surface area contributed by atoms with E-state index >= 15 is 0 Å². The molecular formula is C24H25FN4O3. The van der Waals surface area contributed by atoms with Gasteiger partial charge in [0.15, 0.2) is 5.82 Å². The molecule has 0 spiro atoms. The van der Waals surface area contributed by atoms with Crippen LogP contribution in [0.15, 0.2) is 54.9 Å². The van der Waals surface area contributed by atoms with E-state index in [-0.39, 0.29) is 17.6 Å². The quantitative estimate of drug-likeness (QED) is 0.610. The first kappa shape index (κ1) is 21.5. The van der Waals surface area contributed by atoms with Crippen LogP contribution in [0.1, 0.15) is 18.4 Å². The van der Waals surface area contributed by atoms with Crippen LogP contribution in [0.2, 0.25) is 0 Å². The molecule has 7 nitrogen and oxygen atoms in total. The third kappa shape index (κ3) is 4.96. The largest absolute Gasteiger partial charge is 0.497 e. The van der Waals surface area contributed by atoms with Gasteiger partial charge in [-0.3, -0.25) is 4.79 Å². The third-order valence-corrected chi connectivity index (χ3v) is 5.53. The minimum atomic E-state index is -0.369. The maximum Gasteiger partial charge on any atom is 0.263 e. The lowest BCUT2D eigenvalue weighted by Crippen LogP contribution is -2.38. The second-order valence-electron chi connectivity index (χ2n) is 7.68. The van der Waals surface area contributed by atoms with Crippen molar-refractivity contribution in [2.24, 2.45) is 5.92 Å². The lowest BCUT2D eigenvalue weighted by molar-refractivity contribution is -0.120. The van der Waals surface area contributed by atoms with Crippen molar-refractivity contribution < 1.29 is 18.7 Å². The number of ether oxygens (including phenoxy) is 2. The summed E-state index contributed by atoms with van der Waals surface area (Å²) < 4.78 is 24.7. The number of hydrogen-bond donors (Lipinski definition) is 1. The summed E-state index contributed by atoms with van der Waals surface area (Å²) in [6.45, 7) is 3.11. The van der Waals surface area contributed by atoms with Crippen LogP contribution in [-0.2, 0) is 4.79 Å². The Bertz CT molecular complexity index is 1100. The van der Waals surface area contributed by atoms with E-state index in [2.05, 4.69) is 20.2 Å². The highest BCUT2D eigenvalue weighted by atomic mass is 19.1. The SMILES string of the molecule is COc1cccc(Oc2nccnc2N2CCC(C(=O)Nc3cc(F)ccc3C)CC2)c1. The fourth-order valence-electron chi connectivity index (χ4n) is 3.70. The van der Waals surface area contributed by atoms with Crippen LogP contribution in [0.5, 0.6) is 17.4 Å². The van der Waals surface area contributed by atoms with Crippen LogP contribution in [0.4, 0.5) is 15.9 Å². The number of hydrogen-bond acceptors (Lipinski definition) is 6. The van der Waals surface area contributed by atoms with Crippen LogP contribution in [0.3, 0.4) is 0 Å². The molecule has 0 aliphatic carbocycles. The van der Waals surface area contributed by atoms with E-state index in [1.165, 1.54) is 12.1 Å². The van der Waals surface area contributed by atoms with Crippen molar-refractivity contribution in [3.05, 3.63) is 66.2 Å². The molecule has 0 unspecified atom stereocenters. The first-order chi connectivity index (χ1) is 15.5. The number of nitrogens with zero attached hydrogens (tertiary/aromatic N) is 3. The molecule has 1 amide bonds. The fourth-order valence-corrected chi connectivity index (χ4v) is 3.70. The Morgan fingerprint density at radius 2 is 1.84 bits per heavy atom. The monoisotopic (exact) mass is 436 g/mol.